The molecule has 0 saturated carbocycles. The Hall–Kier alpha value is -4.17. The minimum atomic E-state index is -5.30. The predicted octanol–water partition coefficient (Wildman–Crippen LogP) is 8.04. The second kappa shape index (κ2) is 10.9. The van der Waals surface area contributed by atoms with E-state index in [1.807, 2.05) is 0 Å². The summed E-state index contributed by atoms with van der Waals surface area (Å²) >= 11 is 0. The summed E-state index contributed by atoms with van der Waals surface area (Å²) in [7, 11) is 0. The summed E-state index contributed by atoms with van der Waals surface area (Å²) in [6.45, 7) is 2.92. The number of anilines is 2. The first-order valence-corrected chi connectivity index (χ1v) is 12.3. The number of rotatable bonds is 7. The Morgan fingerprint density at radius 1 is 0.833 bits per heavy atom. The molecule has 1 N–H and O–H groups in total. The predicted molar refractivity (Wildman–Crippen MR) is 133 cm³/mol. The smallest absolute Gasteiger partial charge is 0.406 e. The third-order valence-corrected chi connectivity index (χ3v) is 6.18. The molecule has 15 heteroatoms. The van der Waals surface area contributed by atoms with Crippen LogP contribution in [0.4, 0.5) is 50.9 Å². The number of pyridine rings is 1. The van der Waals surface area contributed by atoms with Crippen molar-refractivity contribution in [1.29, 1.82) is 0 Å². The molecule has 1 saturated heterocycles. The average Bonchev–Trinajstić information content (AvgIpc) is 3.28. The van der Waals surface area contributed by atoms with Gasteiger partial charge in [-0.05, 0) is 62.2 Å². The second-order valence-corrected chi connectivity index (χ2v) is 9.80. The molecule has 0 spiro atoms. The molecule has 1 fully saturated rings. The van der Waals surface area contributed by atoms with E-state index in [2.05, 4.69) is 19.8 Å². The summed E-state index contributed by atoms with van der Waals surface area (Å²) in [6.07, 6.45) is -14.6. The Kier molecular flexibility index (Phi) is 8.00. The van der Waals surface area contributed by atoms with E-state index in [1.54, 1.807) is 0 Å². The molecular weight excluding hydrogens is 585 g/mol. The van der Waals surface area contributed by atoms with Crippen LogP contribution >= 0.6 is 0 Å². The highest BCUT2D eigenvalue weighted by Gasteiger charge is 2.38. The summed E-state index contributed by atoms with van der Waals surface area (Å²) in [6, 6.07) is 9.45. The number of carbonyl (C=O) groups is 1. The fourth-order valence-corrected chi connectivity index (χ4v) is 4.43. The van der Waals surface area contributed by atoms with Crippen LogP contribution in [-0.4, -0.2) is 30.2 Å². The number of amides is 1. The van der Waals surface area contributed by atoms with Gasteiger partial charge >= 0.3 is 18.9 Å². The first-order chi connectivity index (χ1) is 19.3. The van der Waals surface area contributed by atoms with Gasteiger partial charge in [0.2, 0.25) is 5.91 Å². The maximum Gasteiger partial charge on any atom is 0.573 e. The third-order valence-electron chi connectivity index (χ3n) is 6.18. The number of benzene rings is 2. The lowest BCUT2D eigenvalue weighted by Crippen LogP contribution is -2.31. The minimum Gasteiger partial charge on any atom is -0.406 e. The van der Waals surface area contributed by atoms with Gasteiger partial charge in [-0.1, -0.05) is 18.2 Å². The standard InChI is InChI=1S/C27H22F9N3O3/c1-24(2,20-8-4-9-21(37-20)25(28,29)30)38-19-14-16(39-11-5-10-22(39)40)13-18(23(19)42-27(34,35)36)15-6-3-7-17(12-15)41-26(31,32)33/h3-4,6-9,12-14,38H,5,10-11H2,1-2H3. The Morgan fingerprint density at radius 3 is 2.07 bits per heavy atom. The molecule has 3 aromatic rings. The van der Waals surface area contributed by atoms with Crippen molar-refractivity contribution in [3.63, 3.8) is 0 Å². The lowest BCUT2D eigenvalue weighted by molar-refractivity contribution is -0.275. The quantitative estimate of drug-likeness (QED) is 0.276. The van der Waals surface area contributed by atoms with Crippen LogP contribution in [0.1, 0.15) is 38.1 Å². The largest absolute Gasteiger partial charge is 0.573 e. The van der Waals surface area contributed by atoms with E-state index in [9.17, 15) is 44.3 Å². The minimum absolute atomic E-state index is 0.0828. The van der Waals surface area contributed by atoms with Crippen LogP contribution in [0.5, 0.6) is 11.5 Å². The molecule has 2 aromatic carbocycles. The van der Waals surface area contributed by atoms with Gasteiger partial charge in [0.05, 0.1) is 16.9 Å². The Labute approximate surface area is 233 Å². The van der Waals surface area contributed by atoms with Crippen molar-refractivity contribution in [2.24, 2.45) is 0 Å². The molecule has 0 unspecified atom stereocenters. The number of alkyl halides is 9. The van der Waals surface area contributed by atoms with Crippen molar-refractivity contribution >= 4 is 17.3 Å². The fourth-order valence-electron chi connectivity index (χ4n) is 4.43. The Bertz CT molecular complexity index is 1470. The van der Waals surface area contributed by atoms with Crippen molar-refractivity contribution in [3.8, 4) is 22.6 Å². The summed E-state index contributed by atoms with van der Waals surface area (Å²) in [4.78, 5) is 17.4. The number of halogens is 9. The van der Waals surface area contributed by atoms with Gasteiger partial charge in [0, 0.05) is 24.2 Å². The van der Waals surface area contributed by atoms with Crippen LogP contribution in [0.15, 0.2) is 54.6 Å². The number of carbonyl (C=O) groups excluding carboxylic acids is 1. The second-order valence-electron chi connectivity index (χ2n) is 9.80. The zero-order chi connectivity index (χ0) is 31.1. The maximum atomic E-state index is 13.7. The van der Waals surface area contributed by atoms with E-state index in [0.29, 0.717) is 6.42 Å². The number of hydrogen-bond acceptors (Lipinski definition) is 5. The van der Waals surface area contributed by atoms with Crippen molar-refractivity contribution < 1.29 is 53.8 Å². The van der Waals surface area contributed by atoms with Gasteiger partial charge in [0.15, 0.2) is 5.75 Å². The topological polar surface area (TPSA) is 63.7 Å². The van der Waals surface area contributed by atoms with Crippen LogP contribution < -0.4 is 19.7 Å². The van der Waals surface area contributed by atoms with E-state index < -0.39 is 47.3 Å². The number of ether oxygens (including phenoxy) is 2. The summed E-state index contributed by atoms with van der Waals surface area (Å²) in [5, 5.41) is 2.74. The van der Waals surface area contributed by atoms with E-state index in [1.165, 1.54) is 30.9 Å². The molecule has 1 amide bonds. The molecule has 6 nitrogen and oxygen atoms in total. The molecule has 1 aromatic heterocycles. The molecule has 226 valence electrons. The molecule has 0 aliphatic carbocycles. The summed E-state index contributed by atoms with van der Waals surface area (Å²) < 4.78 is 128. The van der Waals surface area contributed by atoms with E-state index in [-0.39, 0.29) is 41.4 Å². The highest BCUT2D eigenvalue weighted by atomic mass is 19.4. The van der Waals surface area contributed by atoms with Crippen LogP contribution in [-0.2, 0) is 16.5 Å². The number of nitrogens with one attached hydrogen (secondary N) is 1. The first kappa shape index (κ1) is 30.8. The molecule has 0 bridgehead atoms. The zero-order valence-electron chi connectivity index (χ0n) is 21.8. The van der Waals surface area contributed by atoms with Crippen molar-refractivity contribution in [1.82, 2.24) is 4.98 Å². The summed E-state index contributed by atoms with van der Waals surface area (Å²) in [5.41, 5.74) is -3.88. The highest BCUT2D eigenvalue weighted by Crippen LogP contribution is 2.46. The van der Waals surface area contributed by atoms with Gasteiger partial charge in [-0.25, -0.2) is 4.98 Å². The van der Waals surface area contributed by atoms with Gasteiger partial charge in [-0.2, -0.15) is 13.2 Å². The van der Waals surface area contributed by atoms with E-state index in [0.717, 1.165) is 42.5 Å². The Balaban J connectivity index is 1.92. The van der Waals surface area contributed by atoms with Crippen molar-refractivity contribution in [2.75, 3.05) is 16.8 Å². The number of nitrogens with zero attached hydrogens (tertiary/aromatic N) is 2. The van der Waals surface area contributed by atoms with E-state index >= 15 is 0 Å². The van der Waals surface area contributed by atoms with E-state index in [4.69, 9.17) is 0 Å². The molecule has 1 aliphatic rings. The van der Waals surface area contributed by atoms with Gasteiger partial charge in [0.25, 0.3) is 0 Å². The average molecular weight is 607 g/mol. The van der Waals surface area contributed by atoms with Crippen molar-refractivity contribution in [3.05, 3.63) is 66.0 Å². The molecule has 4 rings (SSSR count). The van der Waals surface area contributed by atoms with Crippen LogP contribution in [0, 0.1) is 0 Å². The molecular formula is C27H22F9N3O3. The van der Waals surface area contributed by atoms with Crippen LogP contribution in [0.2, 0.25) is 0 Å². The Morgan fingerprint density at radius 2 is 1.48 bits per heavy atom. The molecule has 42 heavy (non-hydrogen) atoms. The lowest BCUT2D eigenvalue weighted by atomic mass is 9.96. The maximum absolute atomic E-state index is 13.7. The summed E-state index contributed by atoms with van der Waals surface area (Å²) in [5.74, 6) is -1.99. The molecule has 0 radical (unpaired) electrons. The normalized spacial score (nSPS) is 14.7. The third kappa shape index (κ3) is 7.36. The molecule has 0 atom stereocenters. The SMILES string of the molecule is CC(C)(Nc1cc(N2CCCC2=O)cc(-c2cccc(OC(F)(F)F)c2)c1OC(F)(F)F)c1cccc(C(F)(F)F)n1. The van der Waals surface area contributed by atoms with Crippen LogP contribution in [0.3, 0.4) is 0 Å². The van der Waals surface area contributed by atoms with Gasteiger partial charge in [-0.15, -0.1) is 26.3 Å². The highest BCUT2D eigenvalue weighted by molar-refractivity contribution is 5.97. The molecule has 2 heterocycles. The number of aromatic nitrogens is 1. The van der Waals surface area contributed by atoms with Crippen molar-refractivity contribution in [2.45, 2.75) is 51.1 Å². The lowest BCUT2D eigenvalue weighted by Gasteiger charge is -2.31. The van der Waals surface area contributed by atoms with Gasteiger partial charge in [-0.3, -0.25) is 4.79 Å². The van der Waals surface area contributed by atoms with Gasteiger partial charge < -0.3 is 19.7 Å². The zero-order valence-corrected chi connectivity index (χ0v) is 21.8. The monoisotopic (exact) mass is 607 g/mol. The fraction of sp³-hybridized carbons (Fsp3) is 0.333. The van der Waals surface area contributed by atoms with Crippen LogP contribution in [0.25, 0.3) is 11.1 Å². The first-order valence-electron chi connectivity index (χ1n) is 12.3. The van der Waals surface area contributed by atoms with Gasteiger partial charge in [0.1, 0.15) is 11.4 Å². The molecule has 1 aliphatic heterocycles. The number of hydrogen-bond donors (Lipinski definition) is 1.